The molecule has 0 bridgehead atoms. The van der Waals surface area contributed by atoms with Crippen molar-refractivity contribution in [2.45, 2.75) is 5.92 Å². The molecule has 0 saturated carbocycles. The largest absolute Gasteiger partial charge is 1.00 e. The van der Waals surface area contributed by atoms with Crippen LogP contribution < -0.4 is 18.2 Å². The minimum absolute atomic E-state index is 0. The smallest absolute Gasteiger partial charge is 0.318 e. The molecule has 0 atom stereocenters. The van der Waals surface area contributed by atoms with Crippen LogP contribution in [0.3, 0.4) is 0 Å². The van der Waals surface area contributed by atoms with Gasteiger partial charge in [0, 0.05) is 0 Å². The predicted molar refractivity (Wildman–Crippen MR) is 86.8 cm³/mol. The van der Waals surface area contributed by atoms with Gasteiger partial charge in [-0.15, -0.1) is 0 Å². The molecule has 0 saturated heterocycles. The van der Waals surface area contributed by atoms with E-state index in [1.54, 1.807) is 0 Å². The summed E-state index contributed by atoms with van der Waals surface area (Å²) >= 11 is 0. The Labute approximate surface area is 143 Å². The maximum Gasteiger partial charge on any atom is 0.318 e. The van der Waals surface area contributed by atoms with Crippen LogP contribution in [0.5, 0.6) is 0 Å². The Hall–Kier alpha value is -1.88. The van der Waals surface area contributed by atoms with Crippen molar-refractivity contribution in [3.05, 3.63) is 71.8 Å². The lowest BCUT2D eigenvalue weighted by Crippen LogP contribution is -3.00. The molecule has 2 rings (SSSR count). The van der Waals surface area contributed by atoms with Crippen molar-refractivity contribution < 1.29 is 26.5 Å². The van der Waals surface area contributed by atoms with Gasteiger partial charge in [-0.1, -0.05) is 60.7 Å². The Morgan fingerprint density at radius 2 is 1.43 bits per heavy atom. The third-order valence-electron chi connectivity index (χ3n) is 3.41. The summed E-state index contributed by atoms with van der Waals surface area (Å²) in [7, 11) is 3.72. The lowest BCUT2D eigenvalue weighted by atomic mass is 9.91. The monoisotopic (exact) mass is 334 g/mol. The number of quaternary nitrogens is 1. The Bertz CT molecular complexity index is 558. The zero-order chi connectivity index (χ0) is 16.0. The van der Waals surface area contributed by atoms with Crippen molar-refractivity contribution in [2.75, 3.05) is 27.2 Å². The number of hydrogen-bond donors (Lipinski definition) is 1. The predicted octanol–water partition coefficient (Wildman–Crippen LogP) is -0.684. The van der Waals surface area contributed by atoms with Crippen LogP contribution in [0.1, 0.15) is 17.0 Å². The number of rotatable bonds is 6. The summed E-state index contributed by atoms with van der Waals surface area (Å²) in [6, 6.07) is 19.4. The van der Waals surface area contributed by atoms with E-state index < -0.39 is 5.92 Å². The first-order valence-corrected chi connectivity index (χ1v) is 7.35. The molecule has 0 fully saturated rings. The fraction of sp³-hybridized carbons (Fsp3) is 0.278. The van der Waals surface area contributed by atoms with Crippen LogP contribution in [-0.2, 0) is 9.53 Å². The summed E-state index contributed by atoms with van der Waals surface area (Å²) in [6.45, 7) is 0.876. The first-order valence-electron chi connectivity index (χ1n) is 7.35. The molecule has 0 aromatic heterocycles. The van der Waals surface area contributed by atoms with E-state index in [0.717, 1.165) is 11.1 Å². The number of carbonyl (C=O) groups excluding carboxylic acids is 1. The van der Waals surface area contributed by atoms with Crippen LogP contribution in [0, 0.1) is 0 Å². The summed E-state index contributed by atoms with van der Waals surface area (Å²) in [5.41, 5.74) is 1.86. The molecule has 5 heteroatoms. The maximum absolute atomic E-state index is 12.6. The number of nitrogens with two attached hydrogens (primary N) is 1. The van der Waals surface area contributed by atoms with Gasteiger partial charge in [-0.05, 0) is 11.1 Å². The summed E-state index contributed by atoms with van der Waals surface area (Å²) < 4.78 is 5.73. The molecule has 0 amide bonds. The second-order valence-corrected chi connectivity index (χ2v) is 5.92. The molecule has 2 N–H and O–H groups in total. The van der Waals surface area contributed by atoms with Crippen LogP contribution in [0.2, 0.25) is 0 Å². The number of halogens is 1. The van der Waals surface area contributed by atoms with Gasteiger partial charge in [0.25, 0.3) is 0 Å². The van der Waals surface area contributed by atoms with Crippen molar-refractivity contribution in [2.24, 2.45) is 5.84 Å². The van der Waals surface area contributed by atoms with Crippen LogP contribution in [-0.4, -0.2) is 37.8 Å². The summed E-state index contributed by atoms with van der Waals surface area (Å²) in [4.78, 5) is 12.6. The lowest BCUT2D eigenvalue weighted by molar-refractivity contribution is -0.902. The number of hydrogen-bond acceptors (Lipinski definition) is 3. The molecule has 0 heterocycles. The highest BCUT2D eigenvalue weighted by molar-refractivity contribution is 5.82. The van der Waals surface area contributed by atoms with E-state index in [1.165, 1.54) is 0 Å². The number of benzene rings is 2. The molecule has 0 radical (unpaired) electrons. The molecule has 4 nitrogen and oxygen atoms in total. The molecule has 0 spiro atoms. The minimum Gasteiger partial charge on any atom is -1.00 e. The van der Waals surface area contributed by atoms with Gasteiger partial charge in [-0.25, -0.2) is 0 Å². The zero-order valence-corrected chi connectivity index (χ0v) is 14.2. The first kappa shape index (κ1) is 19.2. The van der Waals surface area contributed by atoms with E-state index in [9.17, 15) is 4.79 Å². The van der Waals surface area contributed by atoms with E-state index in [0.29, 0.717) is 13.2 Å². The third-order valence-corrected chi connectivity index (χ3v) is 3.41. The quantitative estimate of drug-likeness (QED) is 0.329. The topological polar surface area (TPSA) is 52.3 Å². The van der Waals surface area contributed by atoms with E-state index in [-0.39, 0.29) is 23.0 Å². The molecule has 2 aromatic rings. The number of carbonyl (C=O) groups is 1. The second kappa shape index (κ2) is 8.67. The third kappa shape index (κ3) is 6.02. The van der Waals surface area contributed by atoms with Gasteiger partial charge in [-0.2, -0.15) is 5.84 Å². The highest BCUT2D eigenvalue weighted by atomic mass is 35.5. The minimum atomic E-state index is -0.407. The molecular weight excluding hydrogens is 312 g/mol. The summed E-state index contributed by atoms with van der Waals surface area (Å²) in [5, 5.41) is 0. The zero-order valence-electron chi connectivity index (χ0n) is 13.5. The van der Waals surface area contributed by atoms with Gasteiger partial charge in [0.15, 0.2) is 0 Å². The molecular formula is C18H23ClN2O2. The van der Waals surface area contributed by atoms with Gasteiger partial charge < -0.3 is 17.1 Å². The van der Waals surface area contributed by atoms with Crippen molar-refractivity contribution in [3.8, 4) is 0 Å². The number of esters is 1. The fourth-order valence-corrected chi connectivity index (χ4v) is 2.22. The number of ether oxygens (including phenoxy) is 1. The molecule has 0 aliphatic rings. The van der Waals surface area contributed by atoms with Crippen molar-refractivity contribution in [1.29, 1.82) is 0 Å². The maximum atomic E-state index is 12.6. The SMILES string of the molecule is C[N+](C)(N)CCOC(=O)C(c1ccccc1)c1ccccc1.[Cl-]. The Kier molecular flexibility index (Phi) is 7.23. The van der Waals surface area contributed by atoms with Gasteiger partial charge in [0.2, 0.25) is 0 Å². The van der Waals surface area contributed by atoms with Gasteiger partial charge in [0.1, 0.15) is 19.1 Å². The van der Waals surface area contributed by atoms with Crippen LogP contribution in [0.15, 0.2) is 60.7 Å². The van der Waals surface area contributed by atoms with Crippen LogP contribution in [0.25, 0.3) is 0 Å². The highest BCUT2D eigenvalue weighted by Gasteiger charge is 2.24. The van der Waals surface area contributed by atoms with Crippen molar-refractivity contribution >= 4 is 5.97 Å². The Morgan fingerprint density at radius 1 is 1.00 bits per heavy atom. The fourth-order valence-electron chi connectivity index (χ4n) is 2.22. The second-order valence-electron chi connectivity index (χ2n) is 5.92. The molecule has 0 unspecified atom stereocenters. The number of likely N-dealkylation sites (N-methyl/N-ethyl adjacent to an activating group) is 1. The standard InChI is InChI=1S/C18H23N2O2.ClH/c1-20(2,19)13-14-22-18(21)17(15-9-5-3-6-10-15)16-11-7-4-8-12-16;/h3-12,17H,13-14,19H2,1-2H3;1H/q+1;/p-1. The van der Waals surface area contributed by atoms with Gasteiger partial charge in [0.05, 0.1) is 14.1 Å². The van der Waals surface area contributed by atoms with Crippen LogP contribution >= 0.6 is 0 Å². The van der Waals surface area contributed by atoms with E-state index in [2.05, 4.69) is 0 Å². The van der Waals surface area contributed by atoms with E-state index >= 15 is 0 Å². The van der Waals surface area contributed by atoms with Crippen molar-refractivity contribution in [3.63, 3.8) is 0 Å². The summed E-state index contributed by atoms with van der Waals surface area (Å²) in [5.74, 6) is 5.21. The molecule has 0 aliphatic carbocycles. The average molecular weight is 335 g/mol. The Morgan fingerprint density at radius 3 is 1.83 bits per heavy atom. The van der Waals surface area contributed by atoms with Gasteiger partial charge in [-0.3, -0.25) is 9.39 Å². The molecule has 0 aliphatic heterocycles. The highest BCUT2D eigenvalue weighted by Crippen LogP contribution is 2.25. The molecule has 124 valence electrons. The molecule has 2 aromatic carbocycles. The average Bonchev–Trinajstić information content (AvgIpc) is 2.48. The summed E-state index contributed by atoms with van der Waals surface area (Å²) in [6.07, 6.45) is 0. The van der Waals surface area contributed by atoms with Crippen LogP contribution in [0.4, 0.5) is 0 Å². The lowest BCUT2D eigenvalue weighted by Gasteiger charge is -2.23. The normalized spacial score (nSPS) is 11.0. The number of nitrogens with zero attached hydrogens (tertiary/aromatic N) is 1. The van der Waals surface area contributed by atoms with E-state index in [1.807, 2.05) is 74.8 Å². The Balaban J connectivity index is 0.00000264. The van der Waals surface area contributed by atoms with E-state index in [4.69, 9.17) is 10.6 Å². The van der Waals surface area contributed by atoms with Crippen molar-refractivity contribution in [1.82, 2.24) is 0 Å². The molecule has 23 heavy (non-hydrogen) atoms. The first-order chi connectivity index (χ1) is 10.5. The van der Waals surface area contributed by atoms with Gasteiger partial charge >= 0.3 is 5.97 Å².